The van der Waals surface area contributed by atoms with Gasteiger partial charge in [0.1, 0.15) is 12.8 Å². The summed E-state index contributed by atoms with van der Waals surface area (Å²) in [5, 5.41) is 18.1. The van der Waals surface area contributed by atoms with E-state index >= 15 is 0 Å². The Bertz CT molecular complexity index is 476. The van der Waals surface area contributed by atoms with Crippen LogP contribution in [0.5, 0.6) is 0 Å². The smallest absolute Gasteiger partial charge is 0.330 e. The zero-order chi connectivity index (χ0) is 13.0. The van der Waals surface area contributed by atoms with Crippen LogP contribution in [0.25, 0.3) is 0 Å². The van der Waals surface area contributed by atoms with Crippen LogP contribution in [0, 0.1) is 6.92 Å². The van der Waals surface area contributed by atoms with Gasteiger partial charge in [-0.3, -0.25) is 14.3 Å². The number of aliphatic hydroxyl groups is 2. The van der Waals surface area contributed by atoms with Gasteiger partial charge in [-0.1, -0.05) is 0 Å². The third-order valence-electron chi connectivity index (χ3n) is 2.33. The van der Waals surface area contributed by atoms with Crippen LogP contribution in [0.15, 0.2) is 15.8 Å². The summed E-state index contributed by atoms with van der Waals surface area (Å²) < 4.78 is 6.31. The van der Waals surface area contributed by atoms with Crippen molar-refractivity contribution in [3.05, 3.63) is 32.6 Å². The predicted molar refractivity (Wildman–Crippen MR) is 59.7 cm³/mol. The molecule has 0 bridgehead atoms. The van der Waals surface area contributed by atoms with E-state index in [1.165, 1.54) is 13.1 Å². The Hall–Kier alpha value is -1.44. The van der Waals surface area contributed by atoms with E-state index in [9.17, 15) is 14.7 Å². The normalized spacial score (nSPS) is 14.6. The highest BCUT2D eigenvalue weighted by molar-refractivity contribution is 5.00. The number of rotatable bonds is 5. The average Bonchev–Trinajstić information content (AvgIpc) is 2.25. The number of H-pyrrole nitrogens is 1. The van der Waals surface area contributed by atoms with Gasteiger partial charge in [0.2, 0.25) is 0 Å². The van der Waals surface area contributed by atoms with Crippen LogP contribution in [0.3, 0.4) is 0 Å². The van der Waals surface area contributed by atoms with Gasteiger partial charge >= 0.3 is 5.69 Å². The lowest BCUT2D eigenvalue weighted by Gasteiger charge is -2.18. The van der Waals surface area contributed by atoms with E-state index in [4.69, 9.17) is 9.84 Å². The number of ether oxygens (including phenoxy) is 1. The molecule has 0 fully saturated rings. The number of aromatic nitrogens is 2. The highest BCUT2D eigenvalue weighted by Gasteiger charge is 2.14. The van der Waals surface area contributed by atoms with Gasteiger partial charge in [-0.25, -0.2) is 4.79 Å². The minimum atomic E-state index is -0.848. The molecule has 0 spiro atoms. The van der Waals surface area contributed by atoms with Crippen molar-refractivity contribution in [1.82, 2.24) is 9.55 Å². The molecule has 0 aromatic carbocycles. The van der Waals surface area contributed by atoms with Crippen LogP contribution in [-0.2, 0) is 11.5 Å². The first-order valence-electron chi connectivity index (χ1n) is 5.16. The fourth-order valence-electron chi connectivity index (χ4n) is 1.23. The number of nitrogens with zero attached hydrogens (tertiary/aromatic N) is 1. The Labute approximate surface area is 97.3 Å². The SMILES string of the molecule is Cc1cn(CO[C@H](CO)[C@H](C)O)c(=O)[nH]c1=O. The lowest BCUT2D eigenvalue weighted by atomic mass is 10.2. The average molecular weight is 244 g/mol. The molecule has 3 N–H and O–H groups in total. The fraction of sp³-hybridized carbons (Fsp3) is 0.600. The number of aliphatic hydroxyl groups excluding tert-OH is 2. The molecule has 0 unspecified atom stereocenters. The molecule has 0 saturated heterocycles. The first-order valence-corrected chi connectivity index (χ1v) is 5.16. The Morgan fingerprint density at radius 3 is 2.71 bits per heavy atom. The van der Waals surface area contributed by atoms with Crippen molar-refractivity contribution in [2.24, 2.45) is 0 Å². The lowest BCUT2D eigenvalue weighted by Crippen LogP contribution is -2.35. The van der Waals surface area contributed by atoms with Crippen LogP contribution < -0.4 is 11.2 Å². The second-order valence-electron chi connectivity index (χ2n) is 3.80. The van der Waals surface area contributed by atoms with Gasteiger partial charge in [0.15, 0.2) is 0 Å². The number of aromatic amines is 1. The van der Waals surface area contributed by atoms with Gasteiger partial charge in [0.25, 0.3) is 5.56 Å². The maximum Gasteiger partial charge on any atom is 0.330 e. The molecule has 0 aliphatic rings. The van der Waals surface area contributed by atoms with E-state index in [1.54, 1.807) is 6.92 Å². The quantitative estimate of drug-likeness (QED) is 0.588. The third-order valence-corrected chi connectivity index (χ3v) is 2.33. The van der Waals surface area contributed by atoms with Crippen molar-refractivity contribution in [2.45, 2.75) is 32.8 Å². The second kappa shape index (κ2) is 5.76. The largest absolute Gasteiger partial charge is 0.394 e. The number of hydrogen-bond acceptors (Lipinski definition) is 5. The van der Waals surface area contributed by atoms with Crippen molar-refractivity contribution in [2.75, 3.05) is 6.61 Å². The summed E-state index contributed by atoms with van der Waals surface area (Å²) >= 11 is 0. The molecule has 0 saturated carbocycles. The molecular weight excluding hydrogens is 228 g/mol. The maximum atomic E-state index is 11.4. The second-order valence-corrected chi connectivity index (χ2v) is 3.80. The predicted octanol–water partition coefficient (Wildman–Crippen LogP) is -1.44. The van der Waals surface area contributed by atoms with E-state index in [0.717, 1.165) is 4.57 Å². The van der Waals surface area contributed by atoms with E-state index in [1.807, 2.05) is 0 Å². The van der Waals surface area contributed by atoms with Crippen molar-refractivity contribution in [3.63, 3.8) is 0 Å². The van der Waals surface area contributed by atoms with Gasteiger partial charge < -0.3 is 14.9 Å². The third kappa shape index (κ3) is 3.52. The Morgan fingerprint density at radius 1 is 1.53 bits per heavy atom. The van der Waals surface area contributed by atoms with E-state index in [2.05, 4.69) is 4.98 Å². The summed E-state index contributed by atoms with van der Waals surface area (Å²) in [6.07, 6.45) is -0.258. The summed E-state index contributed by atoms with van der Waals surface area (Å²) in [5.41, 5.74) is -0.658. The molecule has 0 amide bonds. The van der Waals surface area contributed by atoms with Gasteiger partial charge in [0.05, 0.1) is 12.7 Å². The molecule has 1 aromatic heterocycles. The topological polar surface area (TPSA) is 105 Å². The summed E-state index contributed by atoms with van der Waals surface area (Å²) in [5.74, 6) is 0. The molecule has 1 heterocycles. The van der Waals surface area contributed by atoms with Crippen LogP contribution in [0.2, 0.25) is 0 Å². The zero-order valence-corrected chi connectivity index (χ0v) is 9.71. The Balaban J connectivity index is 2.79. The molecular formula is C10H16N2O5. The molecule has 0 aliphatic heterocycles. The first kappa shape index (κ1) is 13.6. The number of nitrogens with one attached hydrogen (secondary N) is 1. The molecule has 0 aliphatic carbocycles. The minimum absolute atomic E-state index is 0.146. The Kier molecular flexibility index (Phi) is 4.62. The highest BCUT2D eigenvalue weighted by atomic mass is 16.5. The standard InChI is InChI=1S/C10H16N2O5/c1-6-3-12(10(16)11-9(6)15)5-17-8(4-13)7(2)14/h3,7-8,13-14H,4-5H2,1-2H3,(H,11,15,16)/t7-,8+/m0/s1. The Morgan fingerprint density at radius 2 is 2.18 bits per heavy atom. The van der Waals surface area contributed by atoms with Gasteiger partial charge in [-0.05, 0) is 13.8 Å². The molecule has 17 heavy (non-hydrogen) atoms. The van der Waals surface area contributed by atoms with Gasteiger partial charge in [-0.15, -0.1) is 0 Å². The summed E-state index contributed by atoms with van der Waals surface area (Å²) in [6, 6.07) is 0. The number of hydrogen-bond donors (Lipinski definition) is 3. The van der Waals surface area contributed by atoms with E-state index < -0.39 is 23.5 Å². The fourth-order valence-corrected chi connectivity index (χ4v) is 1.23. The van der Waals surface area contributed by atoms with E-state index in [0.29, 0.717) is 5.56 Å². The molecule has 7 heteroatoms. The van der Waals surface area contributed by atoms with Crippen molar-refractivity contribution < 1.29 is 14.9 Å². The molecule has 1 aromatic rings. The van der Waals surface area contributed by atoms with Crippen LogP contribution >= 0.6 is 0 Å². The molecule has 96 valence electrons. The zero-order valence-electron chi connectivity index (χ0n) is 9.71. The first-order chi connectivity index (χ1) is 7.95. The highest BCUT2D eigenvalue weighted by Crippen LogP contribution is 1.99. The van der Waals surface area contributed by atoms with Gasteiger partial charge in [0, 0.05) is 11.8 Å². The van der Waals surface area contributed by atoms with Gasteiger partial charge in [-0.2, -0.15) is 0 Å². The number of aryl methyl sites for hydroxylation is 1. The summed E-state index contributed by atoms with van der Waals surface area (Å²) in [4.78, 5) is 24.6. The van der Waals surface area contributed by atoms with Crippen molar-refractivity contribution in [3.8, 4) is 0 Å². The minimum Gasteiger partial charge on any atom is -0.394 e. The molecule has 0 radical (unpaired) electrons. The van der Waals surface area contributed by atoms with Crippen molar-refractivity contribution in [1.29, 1.82) is 0 Å². The van der Waals surface area contributed by atoms with Crippen molar-refractivity contribution >= 4 is 0 Å². The molecule has 1 rings (SSSR count). The summed E-state index contributed by atoms with van der Waals surface area (Å²) in [7, 11) is 0. The monoisotopic (exact) mass is 244 g/mol. The summed E-state index contributed by atoms with van der Waals surface area (Å²) in [6.45, 7) is 2.54. The van der Waals surface area contributed by atoms with Crippen LogP contribution in [-0.4, -0.2) is 38.6 Å². The lowest BCUT2D eigenvalue weighted by molar-refractivity contribution is -0.0824. The molecule has 7 nitrogen and oxygen atoms in total. The van der Waals surface area contributed by atoms with Crippen LogP contribution in [0.1, 0.15) is 12.5 Å². The van der Waals surface area contributed by atoms with E-state index in [-0.39, 0.29) is 13.3 Å². The van der Waals surface area contributed by atoms with Crippen LogP contribution in [0.4, 0.5) is 0 Å². The molecule has 2 atom stereocenters. The maximum absolute atomic E-state index is 11.4.